The fourth-order valence-corrected chi connectivity index (χ4v) is 2.79. The first-order valence-corrected chi connectivity index (χ1v) is 6.65. The Morgan fingerprint density at radius 2 is 2.35 bits per heavy atom. The second-order valence-electron chi connectivity index (χ2n) is 4.29. The lowest BCUT2D eigenvalue weighted by Crippen LogP contribution is -2.21. The molecule has 1 aromatic rings. The van der Waals surface area contributed by atoms with Gasteiger partial charge in [0.1, 0.15) is 5.75 Å². The molecule has 0 bridgehead atoms. The number of nitrogens with one attached hydrogen (secondary N) is 1. The molecular weight excluding hydrogens is 282 g/mol. The molecule has 1 saturated heterocycles. The van der Waals surface area contributed by atoms with E-state index >= 15 is 0 Å². The van der Waals surface area contributed by atoms with Crippen molar-refractivity contribution in [2.24, 2.45) is 5.92 Å². The van der Waals surface area contributed by atoms with Gasteiger partial charge in [0.05, 0.1) is 13.2 Å². The second kappa shape index (κ2) is 5.85. The first kappa shape index (κ1) is 12.9. The van der Waals surface area contributed by atoms with E-state index in [1.165, 1.54) is 5.56 Å². The highest BCUT2D eigenvalue weighted by Crippen LogP contribution is 2.39. The van der Waals surface area contributed by atoms with E-state index in [-0.39, 0.29) is 6.10 Å². The number of ether oxygens (including phenoxy) is 2. The summed E-state index contributed by atoms with van der Waals surface area (Å²) in [6, 6.07) is 6.03. The van der Waals surface area contributed by atoms with E-state index in [9.17, 15) is 0 Å². The molecule has 2 unspecified atom stereocenters. The normalized spacial score (nSPS) is 23.9. The molecule has 0 saturated carbocycles. The largest absolute Gasteiger partial charge is 0.497 e. The Balaban J connectivity index is 2.25. The van der Waals surface area contributed by atoms with Crippen molar-refractivity contribution in [3.05, 3.63) is 28.2 Å². The molecule has 2 atom stereocenters. The number of hydrogen-bond donors (Lipinski definition) is 1. The van der Waals surface area contributed by atoms with Gasteiger partial charge in [0.15, 0.2) is 0 Å². The number of hydrogen-bond acceptors (Lipinski definition) is 3. The molecule has 3 nitrogen and oxygen atoms in total. The van der Waals surface area contributed by atoms with Crippen LogP contribution in [0.5, 0.6) is 5.75 Å². The van der Waals surface area contributed by atoms with Crippen molar-refractivity contribution < 1.29 is 9.47 Å². The molecule has 17 heavy (non-hydrogen) atoms. The number of benzene rings is 1. The van der Waals surface area contributed by atoms with Crippen LogP contribution >= 0.6 is 15.9 Å². The first-order valence-electron chi connectivity index (χ1n) is 5.86. The zero-order valence-corrected chi connectivity index (χ0v) is 11.8. The summed E-state index contributed by atoms with van der Waals surface area (Å²) in [5.74, 6) is 1.41. The highest BCUT2D eigenvalue weighted by atomic mass is 79.9. The molecule has 0 aliphatic carbocycles. The topological polar surface area (TPSA) is 30.5 Å². The Morgan fingerprint density at radius 3 is 3.06 bits per heavy atom. The molecule has 1 aliphatic heterocycles. The van der Waals surface area contributed by atoms with Crippen molar-refractivity contribution in [3.8, 4) is 5.75 Å². The molecule has 0 amide bonds. The van der Waals surface area contributed by atoms with Gasteiger partial charge in [-0.3, -0.25) is 0 Å². The zero-order valence-electron chi connectivity index (χ0n) is 10.2. The van der Waals surface area contributed by atoms with Crippen LogP contribution in [0.3, 0.4) is 0 Å². The highest BCUT2D eigenvalue weighted by molar-refractivity contribution is 9.10. The summed E-state index contributed by atoms with van der Waals surface area (Å²) in [4.78, 5) is 0. The van der Waals surface area contributed by atoms with Crippen molar-refractivity contribution in [3.63, 3.8) is 0 Å². The monoisotopic (exact) mass is 299 g/mol. The van der Waals surface area contributed by atoms with Gasteiger partial charge in [-0.05, 0) is 37.2 Å². The van der Waals surface area contributed by atoms with Gasteiger partial charge in [0, 0.05) is 23.5 Å². The van der Waals surface area contributed by atoms with E-state index in [0.29, 0.717) is 5.92 Å². The summed E-state index contributed by atoms with van der Waals surface area (Å²) in [5, 5.41) is 3.23. The third-order valence-corrected chi connectivity index (χ3v) is 3.91. The Bertz CT molecular complexity index is 384. The van der Waals surface area contributed by atoms with Crippen molar-refractivity contribution in [2.45, 2.75) is 12.5 Å². The highest BCUT2D eigenvalue weighted by Gasteiger charge is 2.30. The lowest BCUT2D eigenvalue weighted by Gasteiger charge is -2.20. The molecule has 1 fully saturated rings. The number of rotatable bonds is 4. The van der Waals surface area contributed by atoms with E-state index in [0.717, 1.165) is 29.8 Å². The molecular formula is C13H18BrNO2. The summed E-state index contributed by atoms with van der Waals surface area (Å²) >= 11 is 3.59. The van der Waals surface area contributed by atoms with Gasteiger partial charge in [-0.15, -0.1) is 0 Å². The van der Waals surface area contributed by atoms with E-state index in [2.05, 4.69) is 27.3 Å². The van der Waals surface area contributed by atoms with Crippen LogP contribution in [0.25, 0.3) is 0 Å². The Hall–Kier alpha value is -0.580. The molecule has 1 aromatic carbocycles. The van der Waals surface area contributed by atoms with Crippen LogP contribution in [0.1, 0.15) is 18.1 Å². The maximum absolute atomic E-state index is 5.86. The van der Waals surface area contributed by atoms with Gasteiger partial charge in [-0.2, -0.15) is 0 Å². The molecule has 1 heterocycles. The SMILES string of the molecule is CNCC1CCOC1c1cc(OC)ccc1Br. The second-order valence-corrected chi connectivity index (χ2v) is 5.14. The maximum atomic E-state index is 5.86. The number of methoxy groups -OCH3 is 1. The Morgan fingerprint density at radius 1 is 1.53 bits per heavy atom. The average molecular weight is 300 g/mol. The summed E-state index contributed by atoms with van der Waals surface area (Å²) in [7, 11) is 3.67. The fraction of sp³-hybridized carbons (Fsp3) is 0.538. The Kier molecular flexibility index (Phi) is 4.42. The lowest BCUT2D eigenvalue weighted by molar-refractivity contribution is 0.0902. The van der Waals surface area contributed by atoms with Crippen LogP contribution < -0.4 is 10.1 Å². The number of halogens is 1. The van der Waals surface area contributed by atoms with Crippen molar-refractivity contribution in [1.29, 1.82) is 0 Å². The molecule has 0 spiro atoms. The minimum Gasteiger partial charge on any atom is -0.497 e. The first-order chi connectivity index (χ1) is 8.26. The van der Waals surface area contributed by atoms with Gasteiger partial charge in [-0.25, -0.2) is 0 Å². The van der Waals surface area contributed by atoms with Crippen molar-refractivity contribution >= 4 is 15.9 Å². The van der Waals surface area contributed by atoms with Crippen LogP contribution in [0.15, 0.2) is 22.7 Å². The molecule has 94 valence electrons. The molecule has 1 aliphatic rings. The smallest absolute Gasteiger partial charge is 0.119 e. The van der Waals surface area contributed by atoms with Crippen LogP contribution in [0.2, 0.25) is 0 Å². The molecule has 0 aromatic heterocycles. The summed E-state index contributed by atoms with van der Waals surface area (Å²) < 4.78 is 12.2. The van der Waals surface area contributed by atoms with E-state index < -0.39 is 0 Å². The van der Waals surface area contributed by atoms with Crippen molar-refractivity contribution in [1.82, 2.24) is 5.32 Å². The predicted molar refractivity (Wildman–Crippen MR) is 71.4 cm³/mol. The zero-order chi connectivity index (χ0) is 12.3. The van der Waals surface area contributed by atoms with Crippen LogP contribution in [0.4, 0.5) is 0 Å². The fourth-order valence-electron chi connectivity index (χ4n) is 2.32. The summed E-state index contributed by atoms with van der Waals surface area (Å²) in [5.41, 5.74) is 1.18. The summed E-state index contributed by atoms with van der Waals surface area (Å²) in [6.07, 6.45) is 1.27. The third-order valence-electron chi connectivity index (χ3n) is 3.19. The van der Waals surface area contributed by atoms with Gasteiger partial charge < -0.3 is 14.8 Å². The van der Waals surface area contributed by atoms with Gasteiger partial charge in [-0.1, -0.05) is 15.9 Å². The van der Waals surface area contributed by atoms with Gasteiger partial charge in [0.2, 0.25) is 0 Å². The van der Waals surface area contributed by atoms with Crippen LogP contribution in [-0.4, -0.2) is 27.3 Å². The van der Waals surface area contributed by atoms with E-state index in [1.807, 2.05) is 19.2 Å². The average Bonchev–Trinajstić information content (AvgIpc) is 2.78. The van der Waals surface area contributed by atoms with E-state index in [4.69, 9.17) is 9.47 Å². The van der Waals surface area contributed by atoms with Gasteiger partial charge >= 0.3 is 0 Å². The standard InChI is InChI=1S/C13H18BrNO2/c1-15-8-9-5-6-17-13(9)11-7-10(16-2)3-4-12(11)14/h3-4,7,9,13,15H,5-6,8H2,1-2H3. The van der Waals surface area contributed by atoms with Crippen molar-refractivity contribution in [2.75, 3.05) is 27.3 Å². The van der Waals surface area contributed by atoms with Gasteiger partial charge in [0.25, 0.3) is 0 Å². The van der Waals surface area contributed by atoms with Crippen LogP contribution in [0, 0.1) is 5.92 Å². The van der Waals surface area contributed by atoms with Crippen LogP contribution in [-0.2, 0) is 4.74 Å². The van der Waals surface area contributed by atoms with E-state index in [1.54, 1.807) is 7.11 Å². The minimum absolute atomic E-state index is 0.159. The molecule has 4 heteroatoms. The summed E-state index contributed by atoms with van der Waals surface area (Å²) in [6.45, 7) is 1.81. The lowest BCUT2D eigenvalue weighted by atomic mass is 9.95. The molecule has 2 rings (SSSR count). The Labute approximate surface area is 111 Å². The maximum Gasteiger partial charge on any atom is 0.119 e. The molecule has 1 N–H and O–H groups in total. The quantitative estimate of drug-likeness (QED) is 0.927. The third kappa shape index (κ3) is 2.81. The predicted octanol–water partition coefficient (Wildman–Crippen LogP) is 2.75. The molecule has 0 radical (unpaired) electrons. The minimum atomic E-state index is 0.159.